The van der Waals surface area contributed by atoms with Crippen LogP contribution in [0, 0.1) is 5.92 Å². The SMILES string of the molecule is O=C(N[C@H](CN1CCCC1)[C@H](O)c1ccc2c(c1)OCCO2)[C@H]1CCN(c2ccc3cc(Cl)ccc3n2)C1. The summed E-state index contributed by atoms with van der Waals surface area (Å²) in [6.07, 6.45) is 2.16. The minimum Gasteiger partial charge on any atom is -0.486 e. The molecule has 2 saturated heterocycles. The fourth-order valence-electron chi connectivity index (χ4n) is 5.69. The number of fused-ring (bicyclic) bond motifs is 2. The molecule has 1 aromatic heterocycles. The molecule has 3 atom stereocenters. The predicted molar refractivity (Wildman–Crippen MR) is 147 cm³/mol. The van der Waals surface area contributed by atoms with E-state index in [0.29, 0.717) is 48.4 Å². The van der Waals surface area contributed by atoms with Gasteiger partial charge in [-0.3, -0.25) is 4.79 Å². The number of benzene rings is 2. The lowest BCUT2D eigenvalue weighted by molar-refractivity contribution is -0.126. The molecule has 3 aliphatic heterocycles. The summed E-state index contributed by atoms with van der Waals surface area (Å²) in [6, 6.07) is 14.8. The Bertz CT molecular complexity index is 1310. The molecule has 4 heterocycles. The second-order valence-electron chi connectivity index (χ2n) is 10.4. The zero-order chi connectivity index (χ0) is 26.1. The minimum absolute atomic E-state index is 0.0270. The Morgan fingerprint density at radius 1 is 1.05 bits per heavy atom. The van der Waals surface area contributed by atoms with Crippen molar-refractivity contribution in [2.24, 2.45) is 5.92 Å². The first-order chi connectivity index (χ1) is 18.5. The maximum atomic E-state index is 13.5. The molecule has 8 nitrogen and oxygen atoms in total. The van der Waals surface area contributed by atoms with E-state index in [9.17, 15) is 9.90 Å². The standard InChI is InChI=1S/C29H33ClN4O4/c30-22-5-6-23-19(15-22)4-8-27(31-23)34-12-9-21(17-34)29(36)32-24(18-33-10-1-2-11-33)28(35)20-3-7-25-26(16-20)38-14-13-37-25/h3-8,15-16,21,24,28,35H,1-2,9-14,17-18H2,(H,32,36)/t21-,24+,28+/m0/s1. The molecule has 3 aromatic rings. The fourth-order valence-corrected chi connectivity index (χ4v) is 5.87. The van der Waals surface area contributed by atoms with Crippen molar-refractivity contribution in [3.63, 3.8) is 0 Å². The number of amides is 1. The smallest absolute Gasteiger partial charge is 0.225 e. The molecule has 0 bridgehead atoms. The lowest BCUT2D eigenvalue weighted by atomic mass is 9.99. The number of carbonyl (C=O) groups excluding carboxylic acids is 1. The summed E-state index contributed by atoms with van der Waals surface area (Å²) in [7, 11) is 0. The highest BCUT2D eigenvalue weighted by Crippen LogP contribution is 2.34. The number of rotatable bonds is 7. The normalized spacial score (nSPS) is 21.0. The van der Waals surface area contributed by atoms with Crippen LogP contribution in [0.1, 0.15) is 30.9 Å². The van der Waals surface area contributed by atoms with Gasteiger partial charge < -0.3 is 29.7 Å². The van der Waals surface area contributed by atoms with Gasteiger partial charge in [0.1, 0.15) is 25.1 Å². The van der Waals surface area contributed by atoms with Gasteiger partial charge in [-0.1, -0.05) is 17.7 Å². The molecule has 2 aromatic carbocycles. The van der Waals surface area contributed by atoms with Crippen molar-refractivity contribution in [3.05, 3.63) is 59.1 Å². The van der Waals surface area contributed by atoms with Gasteiger partial charge in [0.2, 0.25) is 5.91 Å². The summed E-state index contributed by atoms with van der Waals surface area (Å²) in [5, 5.41) is 16.3. The van der Waals surface area contributed by atoms with E-state index in [1.165, 1.54) is 0 Å². The number of aliphatic hydroxyl groups excluding tert-OH is 1. The minimum atomic E-state index is -0.859. The second-order valence-corrected chi connectivity index (χ2v) is 10.8. The molecule has 1 amide bonds. The van der Waals surface area contributed by atoms with E-state index in [4.69, 9.17) is 26.1 Å². The van der Waals surface area contributed by atoms with Gasteiger partial charge >= 0.3 is 0 Å². The molecule has 0 radical (unpaired) electrons. The molecule has 0 unspecified atom stereocenters. The highest BCUT2D eigenvalue weighted by molar-refractivity contribution is 6.31. The average Bonchev–Trinajstić information content (AvgIpc) is 3.64. The number of aliphatic hydroxyl groups is 1. The fraction of sp³-hybridized carbons (Fsp3) is 0.448. The summed E-state index contributed by atoms with van der Waals surface area (Å²) < 4.78 is 11.4. The summed E-state index contributed by atoms with van der Waals surface area (Å²) in [6.45, 7) is 4.92. The van der Waals surface area contributed by atoms with Crippen LogP contribution in [-0.2, 0) is 4.79 Å². The molecule has 0 saturated carbocycles. The van der Waals surface area contributed by atoms with Crippen molar-refractivity contribution in [1.82, 2.24) is 15.2 Å². The third-order valence-electron chi connectivity index (χ3n) is 7.79. The maximum Gasteiger partial charge on any atom is 0.225 e. The van der Waals surface area contributed by atoms with Crippen LogP contribution in [0.15, 0.2) is 48.5 Å². The summed E-state index contributed by atoms with van der Waals surface area (Å²) in [5.74, 6) is 1.98. The van der Waals surface area contributed by atoms with E-state index in [2.05, 4.69) is 15.1 Å². The Balaban J connectivity index is 1.15. The largest absolute Gasteiger partial charge is 0.486 e. The van der Waals surface area contributed by atoms with Crippen LogP contribution in [0.25, 0.3) is 10.9 Å². The number of halogens is 1. The highest BCUT2D eigenvalue weighted by atomic mass is 35.5. The molecular weight excluding hydrogens is 504 g/mol. The van der Waals surface area contributed by atoms with E-state index in [0.717, 1.165) is 55.6 Å². The summed E-state index contributed by atoms with van der Waals surface area (Å²) >= 11 is 6.11. The molecule has 0 aliphatic carbocycles. The van der Waals surface area contributed by atoms with Gasteiger partial charge in [-0.25, -0.2) is 4.98 Å². The maximum absolute atomic E-state index is 13.5. The Hall–Kier alpha value is -3.07. The van der Waals surface area contributed by atoms with Crippen LogP contribution in [0.2, 0.25) is 5.02 Å². The number of ether oxygens (including phenoxy) is 2. The lowest BCUT2D eigenvalue weighted by Gasteiger charge is -2.30. The molecule has 0 spiro atoms. The molecular formula is C29H33ClN4O4. The van der Waals surface area contributed by atoms with E-state index >= 15 is 0 Å². The monoisotopic (exact) mass is 536 g/mol. The first kappa shape index (κ1) is 25.2. The third kappa shape index (κ3) is 5.39. The number of nitrogens with one attached hydrogen (secondary N) is 1. The lowest BCUT2D eigenvalue weighted by Crippen LogP contribution is -2.48. The first-order valence-electron chi connectivity index (χ1n) is 13.4. The van der Waals surface area contributed by atoms with Crippen LogP contribution in [0.5, 0.6) is 11.5 Å². The predicted octanol–water partition coefficient (Wildman–Crippen LogP) is 3.80. The number of nitrogens with zero attached hydrogens (tertiary/aromatic N) is 3. The van der Waals surface area contributed by atoms with Gasteiger partial charge in [0, 0.05) is 30.0 Å². The van der Waals surface area contributed by atoms with Gasteiger partial charge in [0.25, 0.3) is 0 Å². The Labute approximate surface area is 227 Å². The van der Waals surface area contributed by atoms with E-state index in [-0.39, 0.29) is 11.8 Å². The van der Waals surface area contributed by atoms with E-state index < -0.39 is 12.1 Å². The number of hydrogen-bond donors (Lipinski definition) is 2. The number of carbonyl (C=O) groups is 1. The Morgan fingerprint density at radius 3 is 2.71 bits per heavy atom. The Morgan fingerprint density at radius 2 is 1.87 bits per heavy atom. The highest BCUT2D eigenvalue weighted by Gasteiger charge is 2.33. The van der Waals surface area contributed by atoms with Crippen molar-refractivity contribution < 1.29 is 19.4 Å². The van der Waals surface area contributed by atoms with Gasteiger partial charge in [0.15, 0.2) is 11.5 Å². The average molecular weight is 537 g/mol. The quantitative estimate of drug-likeness (QED) is 0.475. The van der Waals surface area contributed by atoms with Crippen LogP contribution in [0.4, 0.5) is 5.82 Å². The molecule has 2 N–H and O–H groups in total. The molecule has 9 heteroatoms. The summed E-state index contributed by atoms with van der Waals surface area (Å²) in [5.41, 5.74) is 1.60. The van der Waals surface area contributed by atoms with Gasteiger partial charge in [-0.15, -0.1) is 0 Å². The topological polar surface area (TPSA) is 87.2 Å². The number of anilines is 1. The molecule has 3 aliphatic rings. The van der Waals surface area contributed by atoms with E-state index in [1.807, 2.05) is 48.5 Å². The Kier molecular flexibility index (Phi) is 7.28. The van der Waals surface area contributed by atoms with Crippen LogP contribution < -0.4 is 19.7 Å². The zero-order valence-corrected chi connectivity index (χ0v) is 22.1. The van der Waals surface area contributed by atoms with Crippen LogP contribution in [0.3, 0.4) is 0 Å². The van der Waals surface area contributed by atoms with E-state index in [1.54, 1.807) is 0 Å². The van der Waals surface area contributed by atoms with Crippen LogP contribution in [-0.4, -0.2) is 72.9 Å². The zero-order valence-electron chi connectivity index (χ0n) is 21.3. The number of aromatic nitrogens is 1. The molecule has 6 rings (SSSR count). The number of likely N-dealkylation sites (tertiary alicyclic amines) is 1. The second kappa shape index (κ2) is 11.0. The number of hydrogen-bond acceptors (Lipinski definition) is 7. The van der Waals surface area contributed by atoms with Gasteiger partial charge in [0.05, 0.1) is 17.5 Å². The van der Waals surface area contributed by atoms with Crippen molar-refractivity contribution in [3.8, 4) is 11.5 Å². The van der Waals surface area contributed by atoms with Crippen molar-refractivity contribution >= 4 is 34.2 Å². The molecule has 38 heavy (non-hydrogen) atoms. The molecule has 200 valence electrons. The van der Waals surface area contributed by atoms with Crippen molar-refractivity contribution in [2.45, 2.75) is 31.4 Å². The number of pyridine rings is 1. The van der Waals surface area contributed by atoms with Gasteiger partial charge in [-0.05, 0) is 80.4 Å². The molecule has 2 fully saturated rings. The third-order valence-corrected chi connectivity index (χ3v) is 8.02. The first-order valence-corrected chi connectivity index (χ1v) is 13.8. The van der Waals surface area contributed by atoms with Crippen LogP contribution >= 0.6 is 11.6 Å². The summed E-state index contributed by atoms with van der Waals surface area (Å²) in [4.78, 5) is 22.7. The van der Waals surface area contributed by atoms with Gasteiger partial charge in [-0.2, -0.15) is 0 Å². The van der Waals surface area contributed by atoms with Crippen molar-refractivity contribution in [1.29, 1.82) is 0 Å². The van der Waals surface area contributed by atoms with Crippen molar-refractivity contribution in [2.75, 3.05) is 50.8 Å².